The van der Waals surface area contributed by atoms with Crippen LogP contribution in [0.1, 0.15) is 49.0 Å². The van der Waals surface area contributed by atoms with Gasteiger partial charge in [0.05, 0.1) is 24.8 Å². The molecule has 10 nitrogen and oxygen atoms in total. The molecule has 10 heteroatoms. The molecule has 1 aliphatic rings. The number of aryl methyl sites for hydroxylation is 2. The predicted molar refractivity (Wildman–Crippen MR) is 133 cm³/mol. The largest absolute Gasteiger partial charge is 0.390 e. The van der Waals surface area contributed by atoms with Crippen LogP contribution in [0.4, 0.5) is 11.5 Å². The highest BCUT2D eigenvalue weighted by Crippen LogP contribution is 2.32. The molecule has 2 aromatic carbocycles. The lowest BCUT2D eigenvalue weighted by Gasteiger charge is -2.17. The molecule has 0 unspecified atom stereocenters. The lowest BCUT2D eigenvalue weighted by Crippen LogP contribution is -2.34. The van der Waals surface area contributed by atoms with E-state index in [1.807, 2.05) is 44.2 Å². The van der Waals surface area contributed by atoms with Crippen molar-refractivity contribution >= 4 is 28.8 Å². The van der Waals surface area contributed by atoms with E-state index in [0.29, 0.717) is 40.1 Å². The van der Waals surface area contributed by atoms with Crippen LogP contribution < -0.4 is 16.1 Å². The molecule has 0 saturated carbocycles. The molecule has 0 spiro atoms. The maximum Gasteiger partial charge on any atom is 0.274 e. The van der Waals surface area contributed by atoms with Gasteiger partial charge in [0.15, 0.2) is 5.82 Å². The number of benzene rings is 2. The molecule has 2 atom stereocenters. The normalized spacial score (nSPS) is 16.6. The van der Waals surface area contributed by atoms with Crippen LogP contribution in [0.3, 0.4) is 0 Å². The number of hydrogen-bond acceptors (Lipinski definition) is 7. The number of carbonyl (C=O) groups excluding carboxylic acids is 2. The van der Waals surface area contributed by atoms with Gasteiger partial charge in [0.25, 0.3) is 11.8 Å². The van der Waals surface area contributed by atoms with Gasteiger partial charge in [0, 0.05) is 23.9 Å². The van der Waals surface area contributed by atoms with Crippen molar-refractivity contribution in [3.8, 4) is 0 Å². The van der Waals surface area contributed by atoms with Gasteiger partial charge in [-0.15, -0.1) is 0 Å². The third-order valence-corrected chi connectivity index (χ3v) is 6.51. The number of fused-ring (bicyclic) bond motifs is 2. The van der Waals surface area contributed by atoms with E-state index < -0.39 is 12.1 Å². The molecule has 1 aliphatic carbocycles. The summed E-state index contributed by atoms with van der Waals surface area (Å²) >= 11 is 0. The van der Waals surface area contributed by atoms with E-state index in [0.717, 1.165) is 16.7 Å². The Bertz CT molecular complexity index is 1480. The van der Waals surface area contributed by atoms with E-state index in [9.17, 15) is 14.7 Å². The molecular weight excluding hydrogens is 460 g/mol. The molecule has 0 aliphatic heterocycles. The van der Waals surface area contributed by atoms with Crippen molar-refractivity contribution in [3.05, 3.63) is 88.4 Å². The lowest BCUT2D eigenvalue weighted by molar-refractivity contribution is 0.0537. The van der Waals surface area contributed by atoms with Crippen molar-refractivity contribution in [2.75, 3.05) is 12.4 Å². The second-order valence-electron chi connectivity index (χ2n) is 8.78. The van der Waals surface area contributed by atoms with Gasteiger partial charge in [-0.1, -0.05) is 30.3 Å². The number of amides is 2. The number of nitrogens with one attached hydrogen (secondary N) is 3. The Morgan fingerprint density at radius 1 is 1.14 bits per heavy atom. The topological polar surface area (TPSA) is 130 Å². The summed E-state index contributed by atoms with van der Waals surface area (Å²) in [6, 6.07) is 12.5. The zero-order chi connectivity index (χ0) is 25.4. The highest BCUT2D eigenvalue weighted by Gasteiger charge is 2.32. The van der Waals surface area contributed by atoms with Crippen molar-refractivity contribution in [2.45, 2.75) is 32.4 Å². The fourth-order valence-corrected chi connectivity index (χ4v) is 4.62. The lowest BCUT2D eigenvalue weighted by atomic mass is 10.1. The Balaban J connectivity index is 1.45. The van der Waals surface area contributed by atoms with Crippen LogP contribution >= 0.6 is 0 Å². The van der Waals surface area contributed by atoms with Crippen molar-refractivity contribution in [3.63, 3.8) is 0 Å². The quantitative estimate of drug-likeness (QED) is 0.308. The number of rotatable bonds is 6. The van der Waals surface area contributed by atoms with E-state index in [1.54, 1.807) is 22.8 Å². The first kappa shape index (κ1) is 23.5. The molecule has 4 N–H and O–H groups in total. The SMILES string of the molecule is CONC(=O)c1ccc(C)c(Nc2ncnn3cc(C(=O)N[C@@H]4c5ccccc5C[C@@H]4O)c(C)c23)c1. The van der Waals surface area contributed by atoms with Gasteiger partial charge in [-0.05, 0) is 48.2 Å². The van der Waals surface area contributed by atoms with E-state index in [4.69, 9.17) is 4.84 Å². The number of carbonyl (C=O) groups is 2. The number of aliphatic hydroxyl groups is 1. The van der Waals surface area contributed by atoms with E-state index >= 15 is 0 Å². The Hall–Kier alpha value is -4.28. The summed E-state index contributed by atoms with van der Waals surface area (Å²) in [6.45, 7) is 3.74. The first-order valence-electron chi connectivity index (χ1n) is 11.5. The molecule has 36 heavy (non-hydrogen) atoms. The smallest absolute Gasteiger partial charge is 0.274 e. The zero-order valence-corrected chi connectivity index (χ0v) is 20.1. The molecule has 0 fully saturated rings. The summed E-state index contributed by atoms with van der Waals surface area (Å²) in [6.07, 6.45) is 2.85. The summed E-state index contributed by atoms with van der Waals surface area (Å²) in [5.41, 5.74) is 7.99. The van der Waals surface area contributed by atoms with Crippen LogP contribution in [0.15, 0.2) is 55.0 Å². The predicted octanol–water partition coefficient (Wildman–Crippen LogP) is 2.77. The maximum absolute atomic E-state index is 13.3. The molecule has 2 aromatic heterocycles. The summed E-state index contributed by atoms with van der Waals surface area (Å²) < 4.78 is 1.59. The zero-order valence-electron chi connectivity index (χ0n) is 20.1. The van der Waals surface area contributed by atoms with Crippen LogP contribution in [0, 0.1) is 13.8 Å². The summed E-state index contributed by atoms with van der Waals surface area (Å²) in [7, 11) is 1.37. The molecule has 4 aromatic rings. The first-order valence-corrected chi connectivity index (χ1v) is 11.5. The van der Waals surface area contributed by atoms with Crippen LogP contribution in [0.5, 0.6) is 0 Å². The van der Waals surface area contributed by atoms with Crippen molar-refractivity contribution in [1.82, 2.24) is 25.4 Å². The van der Waals surface area contributed by atoms with Gasteiger partial charge in [-0.2, -0.15) is 5.10 Å². The van der Waals surface area contributed by atoms with Gasteiger partial charge in [-0.3, -0.25) is 14.4 Å². The number of anilines is 2. The number of hydrogen-bond donors (Lipinski definition) is 4. The van der Waals surface area contributed by atoms with Crippen molar-refractivity contribution in [1.29, 1.82) is 0 Å². The van der Waals surface area contributed by atoms with Crippen LogP contribution in [0.25, 0.3) is 5.52 Å². The number of nitrogens with zero attached hydrogens (tertiary/aromatic N) is 3. The van der Waals surface area contributed by atoms with E-state index in [2.05, 4.69) is 26.2 Å². The molecule has 5 rings (SSSR count). The number of aromatic nitrogens is 3. The van der Waals surface area contributed by atoms with Crippen molar-refractivity contribution < 1.29 is 19.5 Å². The van der Waals surface area contributed by atoms with E-state index in [-0.39, 0.29) is 11.8 Å². The van der Waals surface area contributed by atoms with Gasteiger partial charge in [-0.25, -0.2) is 15.0 Å². The molecule has 0 bridgehead atoms. The standard InChI is InChI=1S/C26H26N6O4/c1-14-8-9-17(25(34)31-36-3)10-20(14)29-24-23-15(2)19(12-32(23)28-13-27-24)26(35)30-22-18-7-5-4-6-16(18)11-21(22)33/h4-10,12-13,21-22,33H,11H2,1-3H3,(H,30,35)(H,31,34)(H,27,28,29)/t21-,22+/m0/s1. The number of hydroxylamine groups is 1. The van der Waals surface area contributed by atoms with Gasteiger partial charge < -0.3 is 15.7 Å². The third-order valence-electron chi connectivity index (χ3n) is 6.51. The Kier molecular flexibility index (Phi) is 6.13. The first-order chi connectivity index (χ1) is 17.4. The van der Waals surface area contributed by atoms with Crippen LogP contribution in [0.2, 0.25) is 0 Å². The average Bonchev–Trinajstić information content (AvgIpc) is 3.37. The van der Waals surface area contributed by atoms with Gasteiger partial charge >= 0.3 is 0 Å². The highest BCUT2D eigenvalue weighted by atomic mass is 16.6. The third kappa shape index (κ3) is 4.16. The molecular formula is C26H26N6O4. The van der Waals surface area contributed by atoms with Gasteiger partial charge in [0.2, 0.25) is 0 Å². The Morgan fingerprint density at radius 2 is 1.94 bits per heavy atom. The second-order valence-corrected chi connectivity index (χ2v) is 8.78. The molecule has 0 radical (unpaired) electrons. The second kappa shape index (κ2) is 9.40. The Morgan fingerprint density at radius 3 is 2.75 bits per heavy atom. The minimum Gasteiger partial charge on any atom is -0.390 e. The van der Waals surface area contributed by atoms with Gasteiger partial charge in [0.1, 0.15) is 11.8 Å². The fraction of sp³-hybridized carbons (Fsp3) is 0.231. The summed E-state index contributed by atoms with van der Waals surface area (Å²) in [5, 5.41) is 21.1. The van der Waals surface area contributed by atoms with Crippen LogP contribution in [-0.2, 0) is 11.3 Å². The maximum atomic E-state index is 13.3. The minimum atomic E-state index is -0.689. The molecule has 2 heterocycles. The fourth-order valence-electron chi connectivity index (χ4n) is 4.62. The number of aliphatic hydroxyl groups excluding tert-OH is 1. The molecule has 184 valence electrons. The summed E-state index contributed by atoms with van der Waals surface area (Å²) in [4.78, 5) is 34.6. The minimum absolute atomic E-state index is 0.306. The summed E-state index contributed by atoms with van der Waals surface area (Å²) in [5.74, 6) is -0.193. The van der Waals surface area contributed by atoms with Crippen molar-refractivity contribution in [2.24, 2.45) is 0 Å². The Labute approximate surface area is 207 Å². The average molecular weight is 487 g/mol. The van der Waals surface area contributed by atoms with Crippen LogP contribution in [-0.4, -0.2) is 44.7 Å². The monoisotopic (exact) mass is 486 g/mol. The molecule has 0 saturated heterocycles. The van der Waals surface area contributed by atoms with E-state index in [1.165, 1.54) is 13.4 Å². The molecule has 2 amide bonds. The highest BCUT2D eigenvalue weighted by molar-refractivity contribution is 5.99.